The Morgan fingerprint density at radius 2 is 2.12 bits per heavy atom. The van der Waals surface area contributed by atoms with Gasteiger partial charge in [-0.1, -0.05) is 11.6 Å². The molecule has 0 spiro atoms. The molecule has 0 unspecified atom stereocenters. The summed E-state index contributed by atoms with van der Waals surface area (Å²) in [5, 5.41) is 5.33. The van der Waals surface area contributed by atoms with E-state index in [-0.39, 0.29) is 16.4 Å². The summed E-state index contributed by atoms with van der Waals surface area (Å²) < 4.78 is 37.0. The number of carbonyl (C=O) groups excluding carboxylic acids is 1. The lowest BCUT2D eigenvalue weighted by molar-refractivity contribution is 0.0465. The highest BCUT2D eigenvalue weighted by atomic mass is 32.2. The van der Waals surface area contributed by atoms with E-state index in [1.807, 2.05) is 0 Å². The van der Waals surface area contributed by atoms with Crippen LogP contribution in [0.3, 0.4) is 0 Å². The molecule has 1 fully saturated rings. The minimum absolute atomic E-state index is 0.0238. The van der Waals surface area contributed by atoms with Crippen LogP contribution in [0.4, 0.5) is 0 Å². The molecule has 0 radical (unpaired) electrons. The summed E-state index contributed by atoms with van der Waals surface area (Å²) in [5.74, 6) is -0.0493. The van der Waals surface area contributed by atoms with Gasteiger partial charge in [-0.25, -0.2) is 13.2 Å². The standard InChI is InChI=1S/C15H18N2O5S2/c1-11-9-12(16-22-11)10-21-15(18)14-13(5-8-23-14)24(19,20)17-6-3-2-4-7-17/h5,8-9H,2-4,6-7,10H2,1H3. The molecule has 2 aromatic rings. The van der Waals surface area contributed by atoms with Crippen molar-refractivity contribution in [2.24, 2.45) is 0 Å². The van der Waals surface area contributed by atoms with Crippen molar-refractivity contribution in [2.75, 3.05) is 13.1 Å². The van der Waals surface area contributed by atoms with Gasteiger partial charge in [0.1, 0.15) is 27.8 Å². The molecule has 3 heterocycles. The molecule has 2 aromatic heterocycles. The summed E-state index contributed by atoms with van der Waals surface area (Å²) in [6.07, 6.45) is 2.71. The van der Waals surface area contributed by atoms with Crippen LogP contribution in [0.15, 0.2) is 26.9 Å². The third kappa shape index (κ3) is 3.52. The number of aryl methyl sites for hydroxylation is 1. The summed E-state index contributed by atoms with van der Waals surface area (Å²) in [6, 6.07) is 3.12. The highest BCUT2D eigenvalue weighted by Gasteiger charge is 2.31. The van der Waals surface area contributed by atoms with Crippen LogP contribution < -0.4 is 0 Å². The Morgan fingerprint density at radius 3 is 2.79 bits per heavy atom. The van der Waals surface area contributed by atoms with Gasteiger partial charge in [-0.3, -0.25) is 0 Å². The first-order valence-electron chi connectivity index (χ1n) is 7.65. The molecule has 24 heavy (non-hydrogen) atoms. The molecular weight excluding hydrogens is 352 g/mol. The van der Waals surface area contributed by atoms with Gasteiger partial charge < -0.3 is 9.26 Å². The number of sulfonamides is 1. The number of hydrogen-bond acceptors (Lipinski definition) is 7. The SMILES string of the molecule is Cc1cc(COC(=O)c2sccc2S(=O)(=O)N2CCCCC2)no1. The van der Waals surface area contributed by atoms with Crippen molar-refractivity contribution in [3.8, 4) is 0 Å². The zero-order chi connectivity index (χ0) is 17.2. The molecule has 0 aliphatic carbocycles. The molecule has 0 saturated carbocycles. The number of esters is 1. The average molecular weight is 370 g/mol. The summed E-state index contributed by atoms with van der Waals surface area (Å²) in [4.78, 5) is 12.4. The summed E-state index contributed by atoms with van der Waals surface area (Å²) in [7, 11) is -3.66. The molecule has 1 saturated heterocycles. The van der Waals surface area contributed by atoms with Gasteiger partial charge >= 0.3 is 5.97 Å². The Morgan fingerprint density at radius 1 is 1.38 bits per heavy atom. The van der Waals surface area contributed by atoms with E-state index in [1.165, 1.54) is 10.4 Å². The van der Waals surface area contributed by atoms with Crippen LogP contribution in [0.1, 0.15) is 40.4 Å². The molecule has 0 aromatic carbocycles. The fraction of sp³-hybridized carbons (Fsp3) is 0.467. The molecule has 0 N–H and O–H groups in total. The lowest BCUT2D eigenvalue weighted by Gasteiger charge is -2.25. The number of hydrogen-bond donors (Lipinski definition) is 0. The van der Waals surface area contributed by atoms with Crippen LogP contribution in [-0.4, -0.2) is 36.9 Å². The van der Waals surface area contributed by atoms with Crippen LogP contribution in [0.25, 0.3) is 0 Å². The maximum atomic E-state index is 12.7. The number of nitrogens with zero attached hydrogens (tertiary/aromatic N) is 2. The summed E-state index contributed by atoms with van der Waals surface area (Å²) in [6.45, 7) is 2.66. The van der Waals surface area contributed by atoms with Crippen molar-refractivity contribution in [3.05, 3.63) is 33.8 Å². The van der Waals surface area contributed by atoms with E-state index in [0.717, 1.165) is 30.6 Å². The normalized spacial score (nSPS) is 16.2. The fourth-order valence-corrected chi connectivity index (χ4v) is 5.39. The summed E-state index contributed by atoms with van der Waals surface area (Å²) in [5.41, 5.74) is 0.484. The van der Waals surface area contributed by atoms with Gasteiger partial charge in [0.25, 0.3) is 0 Å². The van der Waals surface area contributed by atoms with E-state index in [0.29, 0.717) is 24.5 Å². The van der Waals surface area contributed by atoms with Gasteiger partial charge in [0.2, 0.25) is 10.0 Å². The Kier molecular flexibility index (Phi) is 5.02. The predicted molar refractivity (Wildman–Crippen MR) is 87.3 cm³/mol. The number of rotatable bonds is 5. The Bertz CT molecular complexity index is 819. The quantitative estimate of drug-likeness (QED) is 0.752. The molecule has 130 valence electrons. The Labute approximate surface area is 144 Å². The van der Waals surface area contributed by atoms with Crippen molar-refractivity contribution in [2.45, 2.75) is 37.7 Å². The number of carbonyl (C=O) groups is 1. The van der Waals surface area contributed by atoms with Gasteiger partial charge in [-0.2, -0.15) is 4.31 Å². The third-order valence-electron chi connectivity index (χ3n) is 3.78. The van der Waals surface area contributed by atoms with Crippen molar-refractivity contribution < 1.29 is 22.5 Å². The maximum Gasteiger partial charge on any atom is 0.350 e. The molecule has 1 aliphatic heterocycles. The average Bonchev–Trinajstić information content (AvgIpc) is 3.23. The highest BCUT2D eigenvalue weighted by molar-refractivity contribution is 7.89. The minimum Gasteiger partial charge on any atom is -0.455 e. The van der Waals surface area contributed by atoms with Crippen LogP contribution in [0.2, 0.25) is 0 Å². The topological polar surface area (TPSA) is 89.7 Å². The molecule has 9 heteroatoms. The van der Waals surface area contributed by atoms with E-state index < -0.39 is 16.0 Å². The summed E-state index contributed by atoms with van der Waals surface area (Å²) >= 11 is 1.06. The number of piperidine rings is 1. The third-order valence-corrected chi connectivity index (χ3v) is 6.74. The lowest BCUT2D eigenvalue weighted by Crippen LogP contribution is -2.36. The largest absolute Gasteiger partial charge is 0.455 e. The van der Waals surface area contributed by atoms with Gasteiger partial charge in [0.05, 0.1) is 0 Å². The van der Waals surface area contributed by atoms with Crippen molar-refractivity contribution in [1.82, 2.24) is 9.46 Å². The van der Waals surface area contributed by atoms with Gasteiger partial charge in [0.15, 0.2) is 0 Å². The molecular formula is C15H18N2O5S2. The van der Waals surface area contributed by atoms with Crippen LogP contribution >= 0.6 is 11.3 Å². The van der Waals surface area contributed by atoms with Crippen molar-refractivity contribution in [1.29, 1.82) is 0 Å². The minimum atomic E-state index is -3.66. The smallest absolute Gasteiger partial charge is 0.350 e. The second-order valence-corrected chi connectivity index (χ2v) is 8.41. The maximum absolute atomic E-state index is 12.7. The molecule has 0 atom stereocenters. The highest BCUT2D eigenvalue weighted by Crippen LogP contribution is 2.28. The van der Waals surface area contributed by atoms with Crippen molar-refractivity contribution in [3.63, 3.8) is 0 Å². The first kappa shape index (κ1) is 17.1. The van der Waals surface area contributed by atoms with E-state index in [2.05, 4.69) is 5.16 Å². The van der Waals surface area contributed by atoms with Crippen LogP contribution in [0, 0.1) is 6.92 Å². The predicted octanol–water partition coefficient (Wildman–Crippen LogP) is 2.58. The zero-order valence-corrected chi connectivity index (χ0v) is 14.9. The molecule has 1 aliphatic rings. The first-order chi connectivity index (χ1) is 11.5. The van der Waals surface area contributed by atoms with E-state index in [4.69, 9.17) is 9.26 Å². The number of ether oxygens (including phenoxy) is 1. The van der Waals surface area contributed by atoms with Crippen LogP contribution in [-0.2, 0) is 21.4 Å². The van der Waals surface area contributed by atoms with E-state index >= 15 is 0 Å². The van der Waals surface area contributed by atoms with Gasteiger partial charge in [-0.05, 0) is 31.2 Å². The Hall–Kier alpha value is -1.71. The van der Waals surface area contributed by atoms with Gasteiger partial charge in [-0.15, -0.1) is 11.3 Å². The molecule has 3 rings (SSSR count). The fourth-order valence-electron chi connectivity index (χ4n) is 2.58. The van der Waals surface area contributed by atoms with Crippen molar-refractivity contribution >= 4 is 27.3 Å². The van der Waals surface area contributed by atoms with E-state index in [9.17, 15) is 13.2 Å². The van der Waals surface area contributed by atoms with Gasteiger partial charge in [0, 0.05) is 19.2 Å². The van der Waals surface area contributed by atoms with E-state index in [1.54, 1.807) is 18.4 Å². The lowest BCUT2D eigenvalue weighted by atomic mass is 10.2. The number of aromatic nitrogens is 1. The zero-order valence-electron chi connectivity index (χ0n) is 13.2. The number of thiophene rings is 1. The first-order valence-corrected chi connectivity index (χ1v) is 9.97. The monoisotopic (exact) mass is 370 g/mol. The Balaban J connectivity index is 1.75. The van der Waals surface area contributed by atoms with Crippen LogP contribution in [0.5, 0.6) is 0 Å². The molecule has 0 bridgehead atoms. The molecule has 7 nitrogen and oxygen atoms in total. The molecule has 0 amide bonds. The second kappa shape index (κ2) is 7.04. The second-order valence-electron chi connectivity index (χ2n) is 5.58.